The minimum Gasteiger partial charge on any atom is -0.342 e. The predicted molar refractivity (Wildman–Crippen MR) is 64.8 cm³/mol. The van der Waals surface area contributed by atoms with Crippen LogP contribution in [0.4, 0.5) is 0 Å². The van der Waals surface area contributed by atoms with Crippen molar-refractivity contribution in [3.05, 3.63) is 12.7 Å². The van der Waals surface area contributed by atoms with E-state index in [1.165, 1.54) is 6.08 Å². The molecule has 0 spiro atoms. The zero-order chi connectivity index (χ0) is 11.0. The average Bonchev–Trinajstić information content (AvgIpc) is 2.22. The van der Waals surface area contributed by atoms with Crippen LogP contribution in [0.5, 0.6) is 0 Å². The number of likely N-dealkylation sites (N-methyl/N-ethyl adjacent to an activating group) is 1. The largest absolute Gasteiger partial charge is 0.342 e. The molecule has 1 amide bonds. The van der Waals surface area contributed by atoms with E-state index in [4.69, 9.17) is 0 Å². The minimum atomic E-state index is 0.00270. The second-order valence-electron chi connectivity index (χ2n) is 3.52. The van der Waals surface area contributed by atoms with Crippen LogP contribution in [-0.2, 0) is 4.79 Å². The number of amides is 1. The third-order valence-corrected chi connectivity index (χ3v) is 2.93. The molecule has 0 saturated carbocycles. The number of nitrogens with zero attached hydrogens (tertiary/aromatic N) is 1. The highest BCUT2D eigenvalue weighted by Gasteiger charge is 2.04. The van der Waals surface area contributed by atoms with Crippen molar-refractivity contribution in [2.45, 2.75) is 37.9 Å². The molecule has 1 unspecified atom stereocenters. The first-order valence-corrected chi connectivity index (χ1v) is 5.69. The summed E-state index contributed by atoms with van der Waals surface area (Å²) in [6.07, 6.45) is 5.79. The molecule has 14 heavy (non-hydrogen) atoms. The van der Waals surface area contributed by atoms with Gasteiger partial charge in [-0.2, -0.15) is 12.6 Å². The van der Waals surface area contributed by atoms with E-state index in [9.17, 15) is 4.79 Å². The van der Waals surface area contributed by atoms with E-state index in [1.54, 1.807) is 4.90 Å². The Morgan fingerprint density at radius 2 is 2.21 bits per heavy atom. The normalized spacial score (nSPS) is 12.2. The summed E-state index contributed by atoms with van der Waals surface area (Å²) in [7, 11) is 1.81. The Kier molecular flexibility index (Phi) is 7.67. The first-order valence-electron chi connectivity index (χ1n) is 5.17. The van der Waals surface area contributed by atoms with Crippen LogP contribution >= 0.6 is 12.6 Å². The minimum absolute atomic E-state index is 0.00270. The molecular formula is C11H21NOS. The highest BCUT2D eigenvalue weighted by molar-refractivity contribution is 7.80. The van der Waals surface area contributed by atoms with Crippen LogP contribution in [0.1, 0.15) is 32.6 Å². The maximum absolute atomic E-state index is 11.1. The van der Waals surface area contributed by atoms with Crippen molar-refractivity contribution in [3.63, 3.8) is 0 Å². The van der Waals surface area contributed by atoms with Gasteiger partial charge < -0.3 is 4.90 Å². The summed E-state index contributed by atoms with van der Waals surface area (Å²) in [6, 6.07) is 0. The summed E-state index contributed by atoms with van der Waals surface area (Å²) >= 11 is 4.42. The van der Waals surface area contributed by atoms with Gasteiger partial charge in [-0.3, -0.25) is 4.79 Å². The summed E-state index contributed by atoms with van der Waals surface area (Å²) in [5.41, 5.74) is 0. The summed E-state index contributed by atoms with van der Waals surface area (Å²) in [5, 5.41) is 0.510. The van der Waals surface area contributed by atoms with Crippen LogP contribution in [-0.4, -0.2) is 29.6 Å². The Hall–Kier alpha value is -0.440. The van der Waals surface area contributed by atoms with Crippen molar-refractivity contribution in [2.24, 2.45) is 0 Å². The van der Waals surface area contributed by atoms with Crippen molar-refractivity contribution < 1.29 is 4.79 Å². The fraction of sp³-hybridized carbons (Fsp3) is 0.727. The van der Waals surface area contributed by atoms with Gasteiger partial charge in [0.25, 0.3) is 0 Å². The number of hydrogen-bond donors (Lipinski definition) is 1. The molecule has 0 aromatic heterocycles. The van der Waals surface area contributed by atoms with E-state index < -0.39 is 0 Å². The molecule has 0 aliphatic carbocycles. The molecule has 0 aromatic carbocycles. The van der Waals surface area contributed by atoms with Crippen LogP contribution in [0, 0.1) is 0 Å². The van der Waals surface area contributed by atoms with Crippen LogP contribution < -0.4 is 0 Å². The standard InChI is InChI=1S/C11H21NOS/c1-4-10(14)8-6-7-9-12(3)11(13)5-2/h5,10,14H,2,4,6-9H2,1,3H3. The first kappa shape index (κ1) is 13.6. The highest BCUT2D eigenvalue weighted by atomic mass is 32.1. The van der Waals surface area contributed by atoms with Gasteiger partial charge >= 0.3 is 0 Å². The van der Waals surface area contributed by atoms with E-state index >= 15 is 0 Å². The lowest BCUT2D eigenvalue weighted by Gasteiger charge is -2.15. The second kappa shape index (κ2) is 7.92. The molecule has 0 aliphatic rings. The van der Waals surface area contributed by atoms with E-state index in [0.29, 0.717) is 5.25 Å². The molecule has 0 aromatic rings. The lowest BCUT2D eigenvalue weighted by Crippen LogP contribution is -2.25. The average molecular weight is 215 g/mol. The molecule has 0 heterocycles. The summed E-state index contributed by atoms with van der Waals surface area (Å²) in [4.78, 5) is 12.8. The lowest BCUT2D eigenvalue weighted by molar-refractivity contribution is -0.124. The molecule has 3 heteroatoms. The van der Waals surface area contributed by atoms with E-state index in [0.717, 1.165) is 32.2 Å². The van der Waals surface area contributed by atoms with Gasteiger partial charge in [-0.05, 0) is 25.3 Å². The van der Waals surface area contributed by atoms with Crippen molar-refractivity contribution in [3.8, 4) is 0 Å². The Morgan fingerprint density at radius 3 is 2.71 bits per heavy atom. The lowest BCUT2D eigenvalue weighted by atomic mass is 10.1. The van der Waals surface area contributed by atoms with E-state index in [1.807, 2.05) is 7.05 Å². The number of carbonyl (C=O) groups excluding carboxylic acids is 1. The Bertz CT molecular complexity index is 182. The van der Waals surface area contributed by atoms with Gasteiger partial charge in [0.1, 0.15) is 0 Å². The highest BCUT2D eigenvalue weighted by Crippen LogP contribution is 2.10. The molecule has 0 aliphatic heterocycles. The van der Waals surface area contributed by atoms with Crippen LogP contribution in [0.25, 0.3) is 0 Å². The van der Waals surface area contributed by atoms with Crippen molar-refractivity contribution in [2.75, 3.05) is 13.6 Å². The van der Waals surface area contributed by atoms with Gasteiger partial charge in [-0.1, -0.05) is 19.9 Å². The molecule has 82 valence electrons. The van der Waals surface area contributed by atoms with Crippen molar-refractivity contribution in [1.29, 1.82) is 0 Å². The van der Waals surface area contributed by atoms with Gasteiger partial charge in [0.15, 0.2) is 0 Å². The molecule has 0 fully saturated rings. The maximum atomic E-state index is 11.1. The summed E-state index contributed by atoms with van der Waals surface area (Å²) in [6.45, 7) is 6.41. The number of hydrogen-bond acceptors (Lipinski definition) is 2. The predicted octanol–water partition coefficient (Wildman–Crippen LogP) is 2.51. The van der Waals surface area contributed by atoms with Crippen molar-refractivity contribution >= 4 is 18.5 Å². The monoisotopic (exact) mass is 215 g/mol. The molecule has 2 nitrogen and oxygen atoms in total. The second-order valence-corrected chi connectivity index (χ2v) is 4.25. The Labute approximate surface area is 92.8 Å². The van der Waals surface area contributed by atoms with Gasteiger partial charge in [0.05, 0.1) is 0 Å². The van der Waals surface area contributed by atoms with E-state index in [-0.39, 0.29) is 5.91 Å². The molecule has 0 bridgehead atoms. The first-order chi connectivity index (χ1) is 6.61. The molecular weight excluding hydrogens is 194 g/mol. The van der Waals surface area contributed by atoms with Gasteiger partial charge in [-0.15, -0.1) is 0 Å². The molecule has 0 rings (SSSR count). The third kappa shape index (κ3) is 6.08. The smallest absolute Gasteiger partial charge is 0.245 e. The Morgan fingerprint density at radius 1 is 1.57 bits per heavy atom. The fourth-order valence-corrected chi connectivity index (χ4v) is 1.38. The number of rotatable bonds is 7. The van der Waals surface area contributed by atoms with Crippen molar-refractivity contribution in [1.82, 2.24) is 4.90 Å². The SMILES string of the molecule is C=CC(=O)N(C)CCCCC(S)CC. The zero-order valence-corrected chi connectivity index (χ0v) is 10.1. The topological polar surface area (TPSA) is 20.3 Å². The van der Waals surface area contributed by atoms with Gasteiger partial charge in [-0.25, -0.2) is 0 Å². The third-order valence-electron chi connectivity index (χ3n) is 2.30. The summed E-state index contributed by atoms with van der Waals surface area (Å²) < 4.78 is 0. The zero-order valence-electron chi connectivity index (χ0n) is 9.20. The number of unbranched alkanes of at least 4 members (excludes halogenated alkanes) is 1. The molecule has 0 N–H and O–H groups in total. The molecule has 0 saturated heterocycles. The number of carbonyl (C=O) groups is 1. The van der Waals surface area contributed by atoms with Gasteiger partial charge in [0, 0.05) is 18.8 Å². The van der Waals surface area contributed by atoms with Crippen LogP contribution in [0.15, 0.2) is 12.7 Å². The van der Waals surface area contributed by atoms with Crippen LogP contribution in [0.3, 0.4) is 0 Å². The molecule has 1 atom stereocenters. The summed E-state index contributed by atoms with van der Waals surface area (Å²) in [5.74, 6) is 0.00270. The maximum Gasteiger partial charge on any atom is 0.245 e. The number of thiol groups is 1. The Balaban J connectivity index is 3.44. The quantitative estimate of drug-likeness (QED) is 0.393. The van der Waals surface area contributed by atoms with Crippen LogP contribution in [0.2, 0.25) is 0 Å². The van der Waals surface area contributed by atoms with Gasteiger partial charge in [0.2, 0.25) is 5.91 Å². The fourth-order valence-electron chi connectivity index (χ4n) is 1.20. The molecule has 0 radical (unpaired) electrons. The van der Waals surface area contributed by atoms with E-state index in [2.05, 4.69) is 26.1 Å².